The van der Waals surface area contributed by atoms with Crippen LogP contribution in [-0.4, -0.2) is 4.92 Å². The summed E-state index contributed by atoms with van der Waals surface area (Å²) in [4.78, 5) is 10.2. The standard InChI is InChI=1S/C13H9BrFNO3/c14-12-6-5-11(16(17)18)7-13(12)19-8-9-1-3-10(15)4-2-9/h1-7H,8H2. The van der Waals surface area contributed by atoms with Gasteiger partial charge in [0.25, 0.3) is 5.69 Å². The summed E-state index contributed by atoms with van der Waals surface area (Å²) >= 11 is 3.26. The number of hydrogen-bond donors (Lipinski definition) is 0. The Kier molecular flexibility index (Phi) is 4.11. The van der Waals surface area contributed by atoms with Crippen LogP contribution in [0.25, 0.3) is 0 Å². The molecular formula is C13H9BrFNO3. The molecule has 2 rings (SSSR count). The second-order valence-electron chi connectivity index (χ2n) is 3.79. The summed E-state index contributed by atoms with van der Waals surface area (Å²) in [6, 6.07) is 10.1. The molecule has 0 atom stereocenters. The molecule has 0 saturated carbocycles. The number of nitro groups is 1. The Balaban J connectivity index is 2.12. The van der Waals surface area contributed by atoms with Crippen molar-refractivity contribution in [3.8, 4) is 5.75 Å². The zero-order valence-electron chi connectivity index (χ0n) is 9.68. The molecule has 0 radical (unpaired) electrons. The molecule has 0 aliphatic carbocycles. The maximum Gasteiger partial charge on any atom is 0.273 e. The highest BCUT2D eigenvalue weighted by atomic mass is 79.9. The van der Waals surface area contributed by atoms with Crippen LogP contribution in [0.1, 0.15) is 5.56 Å². The van der Waals surface area contributed by atoms with E-state index in [4.69, 9.17) is 4.74 Å². The normalized spacial score (nSPS) is 10.2. The Morgan fingerprint density at radius 3 is 2.53 bits per heavy atom. The number of rotatable bonds is 4. The van der Waals surface area contributed by atoms with Gasteiger partial charge < -0.3 is 4.74 Å². The van der Waals surface area contributed by atoms with E-state index in [9.17, 15) is 14.5 Å². The molecule has 0 bridgehead atoms. The first-order valence-corrected chi connectivity index (χ1v) is 6.17. The maximum atomic E-state index is 12.7. The summed E-state index contributed by atoms with van der Waals surface area (Å²) in [5.74, 6) is 0.0544. The lowest BCUT2D eigenvalue weighted by Gasteiger charge is -2.08. The van der Waals surface area contributed by atoms with Crippen LogP contribution < -0.4 is 4.74 Å². The van der Waals surface area contributed by atoms with Crippen LogP contribution in [0.15, 0.2) is 46.9 Å². The fourth-order valence-electron chi connectivity index (χ4n) is 1.46. The number of halogens is 2. The molecule has 0 heterocycles. The molecule has 2 aromatic carbocycles. The monoisotopic (exact) mass is 325 g/mol. The van der Waals surface area contributed by atoms with Crippen LogP contribution in [0.3, 0.4) is 0 Å². The fourth-order valence-corrected chi connectivity index (χ4v) is 1.82. The van der Waals surface area contributed by atoms with E-state index in [0.29, 0.717) is 10.2 Å². The van der Waals surface area contributed by atoms with E-state index in [1.165, 1.54) is 24.3 Å². The Morgan fingerprint density at radius 2 is 1.89 bits per heavy atom. The first kappa shape index (κ1) is 13.5. The fraction of sp³-hybridized carbons (Fsp3) is 0.0769. The van der Waals surface area contributed by atoms with Gasteiger partial charge in [0, 0.05) is 6.07 Å². The van der Waals surface area contributed by atoms with Crippen molar-refractivity contribution in [1.82, 2.24) is 0 Å². The van der Waals surface area contributed by atoms with Gasteiger partial charge in [-0.1, -0.05) is 12.1 Å². The molecule has 2 aromatic rings. The topological polar surface area (TPSA) is 52.4 Å². The molecule has 98 valence electrons. The minimum absolute atomic E-state index is 0.0442. The van der Waals surface area contributed by atoms with Crippen LogP contribution in [0, 0.1) is 15.9 Å². The van der Waals surface area contributed by atoms with Gasteiger partial charge in [0.1, 0.15) is 18.2 Å². The molecular weight excluding hydrogens is 317 g/mol. The summed E-state index contributed by atoms with van der Waals surface area (Å²) < 4.78 is 18.8. The number of nitro benzene ring substituents is 1. The number of hydrogen-bond acceptors (Lipinski definition) is 3. The third kappa shape index (κ3) is 3.51. The molecule has 0 unspecified atom stereocenters. The summed E-state index contributed by atoms with van der Waals surface area (Å²) in [5.41, 5.74) is 0.733. The van der Waals surface area contributed by atoms with Gasteiger partial charge in [-0.25, -0.2) is 4.39 Å². The van der Waals surface area contributed by atoms with E-state index >= 15 is 0 Å². The highest BCUT2D eigenvalue weighted by Crippen LogP contribution is 2.29. The highest BCUT2D eigenvalue weighted by molar-refractivity contribution is 9.10. The molecule has 6 heteroatoms. The number of nitrogens with zero attached hydrogens (tertiary/aromatic N) is 1. The molecule has 0 fully saturated rings. The highest BCUT2D eigenvalue weighted by Gasteiger charge is 2.10. The summed E-state index contributed by atoms with van der Waals surface area (Å²) in [7, 11) is 0. The van der Waals surface area contributed by atoms with Gasteiger partial charge >= 0.3 is 0 Å². The second-order valence-corrected chi connectivity index (χ2v) is 4.64. The average molecular weight is 326 g/mol. The molecule has 19 heavy (non-hydrogen) atoms. The summed E-state index contributed by atoms with van der Waals surface area (Å²) in [6.45, 7) is 0.208. The van der Waals surface area contributed by atoms with E-state index in [2.05, 4.69) is 15.9 Å². The van der Waals surface area contributed by atoms with Crippen LogP contribution in [0.2, 0.25) is 0 Å². The third-order valence-corrected chi connectivity index (χ3v) is 3.09. The third-order valence-electron chi connectivity index (χ3n) is 2.43. The SMILES string of the molecule is O=[N+]([O-])c1ccc(Br)c(OCc2ccc(F)cc2)c1. The number of ether oxygens (including phenoxy) is 1. The molecule has 0 aliphatic rings. The largest absolute Gasteiger partial charge is 0.487 e. The van der Waals surface area contributed by atoms with Gasteiger partial charge in [-0.2, -0.15) is 0 Å². The summed E-state index contributed by atoms with van der Waals surface area (Å²) in [5, 5.41) is 10.7. The van der Waals surface area contributed by atoms with Gasteiger partial charge in [-0.05, 0) is 39.7 Å². The molecule has 4 nitrogen and oxygen atoms in total. The van der Waals surface area contributed by atoms with Crippen molar-refractivity contribution >= 4 is 21.6 Å². The van der Waals surface area contributed by atoms with Crippen molar-refractivity contribution in [1.29, 1.82) is 0 Å². The van der Waals surface area contributed by atoms with Crippen LogP contribution in [0.4, 0.5) is 10.1 Å². The minimum Gasteiger partial charge on any atom is -0.487 e. The lowest BCUT2D eigenvalue weighted by atomic mass is 10.2. The molecule has 0 aliphatic heterocycles. The number of benzene rings is 2. The van der Waals surface area contributed by atoms with Crippen molar-refractivity contribution in [2.45, 2.75) is 6.61 Å². The van der Waals surface area contributed by atoms with Crippen LogP contribution >= 0.6 is 15.9 Å². The predicted molar refractivity (Wildman–Crippen MR) is 71.5 cm³/mol. The smallest absolute Gasteiger partial charge is 0.273 e. The Bertz CT molecular complexity index is 601. The number of non-ortho nitro benzene ring substituents is 1. The van der Waals surface area contributed by atoms with Crippen molar-refractivity contribution in [3.05, 3.63) is 68.4 Å². The van der Waals surface area contributed by atoms with Crippen molar-refractivity contribution < 1.29 is 14.1 Å². The van der Waals surface area contributed by atoms with Crippen molar-refractivity contribution in [2.24, 2.45) is 0 Å². The predicted octanol–water partition coefficient (Wildman–Crippen LogP) is 4.08. The molecule has 0 aromatic heterocycles. The summed E-state index contributed by atoms with van der Waals surface area (Å²) in [6.07, 6.45) is 0. The van der Waals surface area contributed by atoms with Crippen molar-refractivity contribution in [2.75, 3.05) is 0 Å². The first-order valence-electron chi connectivity index (χ1n) is 5.37. The lowest BCUT2D eigenvalue weighted by molar-refractivity contribution is -0.385. The van der Waals surface area contributed by atoms with Gasteiger partial charge in [0.2, 0.25) is 0 Å². The van der Waals surface area contributed by atoms with E-state index in [-0.39, 0.29) is 18.1 Å². The zero-order chi connectivity index (χ0) is 13.8. The van der Waals surface area contributed by atoms with Gasteiger partial charge in [-0.3, -0.25) is 10.1 Å². The van der Waals surface area contributed by atoms with E-state index in [1.807, 2.05) is 0 Å². The minimum atomic E-state index is -0.489. The quantitative estimate of drug-likeness (QED) is 0.628. The van der Waals surface area contributed by atoms with E-state index in [1.54, 1.807) is 18.2 Å². The zero-order valence-corrected chi connectivity index (χ0v) is 11.3. The van der Waals surface area contributed by atoms with Gasteiger partial charge in [0.15, 0.2) is 0 Å². The van der Waals surface area contributed by atoms with Crippen LogP contribution in [-0.2, 0) is 6.61 Å². The van der Waals surface area contributed by atoms with Gasteiger partial charge in [0.05, 0.1) is 15.5 Å². The van der Waals surface area contributed by atoms with E-state index in [0.717, 1.165) is 5.56 Å². The average Bonchev–Trinajstić information content (AvgIpc) is 2.39. The molecule has 0 amide bonds. The Morgan fingerprint density at radius 1 is 1.21 bits per heavy atom. The maximum absolute atomic E-state index is 12.7. The van der Waals surface area contributed by atoms with E-state index < -0.39 is 4.92 Å². The molecule has 0 spiro atoms. The first-order chi connectivity index (χ1) is 9.06. The second kappa shape index (κ2) is 5.79. The van der Waals surface area contributed by atoms with Crippen molar-refractivity contribution in [3.63, 3.8) is 0 Å². The molecule has 0 N–H and O–H groups in total. The lowest BCUT2D eigenvalue weighted by Crippen LogP contribution is -1.97. The Labute approximate surface area is 117 Å². The Hall–Kier alpha value is -1.95. The van der Waals surface area contributed by atoms with Gasteiger partial charge in [-0.15, -0.1) is 0 Å². The molecule has 0 saturated heterocycles. The van der Waals surface area contributed by atoms with Crippen LogP contribution in [0.5, 0.6) is 5.75 Å².